The Morgan fingerprint density at radius 2 is 2.13 bits per heavy atom. The Morgan fingerprint density at radius 3 is 2.73 bits per heavy atom. The number of nitrogens with zero attached hydrogens (tertiary/aromatic N) is 2. The number of piperidine rings is 1. The van der Waals surface area contributed by atoms with Gasteiger partial charge in [0.1, 0.15) is 5.82 Å². The van der Waals surface area contributed by atoms with Gasteiger partial charge in [0, 0.05) is 25.4 Å². The minimum Gasteiger partial charge on any atom is -0.398 e. The number of hydrogen-bond donors (Lipinski definition) is 2. The van der Waals surface area contributed by atoms with Crippen molar-refractivity contribution in [2.24, 2.45) is 0 Å². The molecule has 0 aromatic carbocycles. The molecular weight excluding hydrogens is 258 g/mol. The largest absolute Gasteiger partial charge is 0.398 e. The molecule has 0 radical (unpaired) electrons. The summed E-state index contributed by atoms with van der Waals surface area (Å²) in [5.74, 6) is 0.891. The third-order valence-corrected chi connectivity index (χ3v) is 3.32. The van der Waals surface area contributed by atoms with Crippen molar-refractivity contribution < 1.29 is 5.11 Å². The Bertz CT molecular complexity index is 351. The predicted octanol–water partition coefficient (Wildman–Crippen LogP) is 1.39. The quantitative estimate of drug-likeness (QED) is 0.811. The van der Waals surface area contributed by atoms with Crippen LogP contribution in [0.3, 0.4) is 0 Å². The van der Waals surface area contributed by atoms with Gasteiger partial charge in [-0.05, 0) is 28.8 Å². The van der Waals surface area contributed by atoms with E-state index >= 15 is 0 Å². The zero-order chi connectivity index (χ0) is 10.8. The van der Waals surface area contributed by atoms with Crippen molar-refractivity contribution in [2.75, 3.05) is 23.7 Å². The van der Waals surface area contributed by atoms with Crippen molar-refractivity contribution in [3.8, 4) is 0 Å². The second-order valence-electron chi connectivity index (χ2n) is 3.78. The van der Waals surface area contributed by atoms with Crippen LogP contribution in [-0.2, 0) is 0 Å². The number of halogens is 1. The van der Waals surface area contributed by atoms with Crippen LogP contribution in [-0.4, -0.2) is 29.3 Å². The van der Waals surface area contributed by atoms with E-state index in [2.05, 4.69) is 25.8 Å². The molecule has 1 aliphatic heterocycles. The maximum atomic E-state index is 9.39. The Labute approximate surface area is 97.2 Å². The van der Waals surface area contributed by atoms with E-state index in [0.29, 0.717) is 5.69 Å². The van der Waals surface area contributed by atoms with E-state index in [1.54, 1.807) is 6.20 Å². The molecule has 0 amide bonds. The van der Waals surface area contributed by atoms with Gasteiger partial charge in [-0.3, -0.25) is 0 Å². The summed E-state index contributed by atoms with van der Waals surface area (Å²) >= 11 is 3.32. The molecule has 1 saturated heterocycles. The zero-order valence-corrected chi connectivity index (χ0v) is 9.94. The Kier molecular flexibility index (Phi) is 3.11. The van der Waals surface area contributed by atoms with Crippen LogP contribution in [0.2, 0.25) is 0 Å². The Balaban J connectivity index is 2.12. The number of pyridine rings is 1. The van der Waals surface area contributed by atoms with Crippen LogP contribution >= 0.6 is 15.9 Å². The van der Waals surface area contributed by atoms with Gasteiger partial charge in [0.25, 0.3) is 0 Å². The lowest BCUT2D eigenvalue weighted by Gasteiger charge is -2.30. The molecule has 1 aromatic heterocycles. The van der Waals surface area contributed by atoms with Crippen molar-refractivity contribution in [3.05, 3.63) is 16.7 Å². The lowest BCUT2D eigenvalue weighted by atomic mass is 10.1. The number of aliphatic hydroxyl groups excluding tert-OH is 1. The minimum absolute atomic E-state index is 0.158. The molecule has 0 bridgehead atoms. The summed E-state index contributed by atoms with van der Waals surface area (Å²) in [6, 6.07) is 1.86. The number of nitrogens with two attached hydrogens (primary N) is 1. The number of anilines is 2. The summed E-state index contributed by atoms with van der Waals surface area (Å²) in [6.45, 7) is 1.68. The van der Waals surface area contributed by atoms with Gasteiger partial charge in [-0.15, -0.1) is 0 Å². The van der Waals surface area contributed by atoms with Crippen molar-refractivity contribution >= 4 is 27.4 Å². The lowest BCUT2D eigenvalue weighted by Crippen LogP contribution is -2.36. The normalized spacial score (nSPS) is 18.1. The van der Waals surface area contributed by atoms with Crippen molar-refractivity contribution in [2.45, 2.75) is 18.9 Å². The maximum Gasteiger partial charge on any atom is 0.130 e. The molecule has 4 nitrogen and oxygen atoms in total. The van der Waals surface area contributed by atoms with Gasteiger partial charge in [0.05, 0.1) is 16.3 Å². The van der Waals surface area contributed by atoms with Gasteiger partial charge in [-0.2, -0.15) is 0 Å². The summed E-state index contributed by atoms with van der Waals surface area (Å²) in [5.41, 5.74) is 6.49. The van der Waals surface area contributed by atoms with Crippen LogP contribution in [0.15, 0.2) is 16.7 Å². The van der Waals surface area contributed by atoms with E-state index in [4.69, 9.17) is 5.73 Å². The van der Waals surface area contributed by atoms with Crippen LogP contribution in [0.5, 0.6) is 0 Å². The van der Waals surface area contributed by atoms with Crippen LogP contribution in [0.1, 0.15) is 12.8 Å². The number of hydrogen-bond acceptors (Lipinski definition) is 4. The average Bonchev–Trinajstić information content (AvgIpc) is 2.23. The molecule has 2 rings (SSSR count). The van der Waals surface area contributed by atoms with E-state index in [0.717, 1.165) is 36.2 Å². The molecule has 15 heavy (non-hydrogen) atoms. The molecule has 2 heterocycles. The minimum atomic E-state index is -0.158. The highest BCUT2D eigenvalue weighted by atomic mass is 79.9. The molecule has 0 unspecified atom stereocenters. The third kappa shape index (κ3) is 2.41. The summed E-state index contributed by atoms with van der Waals surface area (Å²) in [7, 11) is 0. The highest BCUT2D eigenvalue weighted by molar-refractivity contribution is 9.10. The molecule has 5 heteroatoms. The molecule has 0 atom stereocenters. The Hall–Kier alpha value is -0.810. The van der Waals surface area contributed by atoms with E-state index in [9.17, 15) is 5.11 Å². The average molecular weight is 272 g/mol. The van der Waals surface area contributed by atoms with E-state index < -0.39 is 0 Å². The fourth-order valence-electron chi connectivity index (χ4n) is 1.71. The molecule has 1 aromatic rings. The topological polar surface area (TPSA) is 62.4 Å². The SMILES string of the molecule is Nc1cc(N2CCC(O)CC2)ncc1Br. The third-order valence-electron chi connectivity index (χ3n) is 2.66. The van der Waals surface area contributed by atoms with Crippen molar-refractivity contribution in [1.29, 1.82) is 0 Å². The van der Waals surface area contributed by atoms with Gasteiger partial charge < -0.3 is 15.7 Å². The van der Waals surface area contributed by atoms with E-state index in [-0.39, 0.29) is 6.10 Å². The lowest BCUT2D eigenvalue weighted by molar-refractivity contribution is 0.145. The maximum absolute atomic E-state index is 9.39. The highest BCUT2D eigenvalue weighted by Crippen LogP contribution is 2.24. The van der Waals surface area contributed by atoms with Crippen LogP contribution in [0.4, 0.5) is 11.5 Å². The van der Waals surface area contributed by atoms with Crippen LogP contribution in [0.25, 0.3) is 0 Å². The van der Waals surface area contributed by atoms with Crippen molar-refractivity contribution in [1.82, 2.24) is 4.98 Å². The first-order chi connectivity index (χ1) is 7.16. The molecular formula is C10H14BrN3O. The summed E-state index contributed by atoms with van der Waals surface area (Å²) in [5, 5.41) is 9.39. The molecule has 0 saturated carbocycles. The first-order valence-electron chi connectivity index (χ1n) is 5.01. The molecule has 0 aliphatic carbocycles. The fourth-order valence-corrected chi connectivity index (χ4v) is 1.93. The summed E-state index contributed by atoms with van der Waals surface area (Å²) in [6.07, 6.45) is 3.17. The van der Waals surface area contributed by atoms with E-state index in [1.165, 1.54) is 0 Å². The van der Waals surface area contributed by atoms with Crippen LogP contribution in [0, 0.1) is 0 Å². The number of aromatic nitrogens is 1. The fraction of sp³-hybridized carbons (Fsp3) is 0.500. The Morgan fingerprint density at radius 1 is 1.47 bits per heavy atom. The molecule has 1 fully saturated rings. The first kappa shape index (κ1) is 10.7. The van der Waals surface area contributed by atoms with Crippen LogP contribution < -0.4 is 10.6 Å². The van der Waals surface area contributed by atoms with Gasteiger partial charge in [0.2, 0.25) is 0 Å². The number of aliphatic hydroxyl groups is 1. The summed E-state index contributed by atoms with van der Waals surface area (Å²) < 4.78 is 0.822. The molecule has 1 aliphatic rings. The second-order valence-corrected chi connectivity index (χ2v) is 4.64. The number of rotatable bonds is 1. The summed E-state index contributed by atoms with van der Waals surface area (Å²) in [4.78, 5) is 6.45. The zero-order valence-electron chi connectivity index (χ0n) is 8.36. The van der Waals surface area contributed by atoms with Gasteiger partial charge in [0.15, 0.2) is 0 Å². The second kappa shape index (κ2) is 4.37. The van der Waals surface area contributed by atoms with E-state index in [1.807, 2.05) is 6.07 Å². The number of nitrogen functional groups attached to an aromatic ring is 1. The molecule has 0 spiro atoms. The molecule has 82 valence electrons. The monoisotopic (exact) mass is 271 g/mol. The predicted molar refractivity (Wildman–Crippen MR) is 63.8 cm³/mol. The van der Waals surface area contributed by atoms with Gasteiger partial charge in [-0.1, -0.05) is 0 Å². The van der Waals surface area contributed by atoms with Crippen molar-refractivity contribution in [3.63, 3.8) is 0 Å². The first-order valence-corrected chi connectivity index (χ1v) is 5.80. The standard InChI is InChI=1S/C10H14BrN3O/c11-8-6-13-10(5-9(8)12)14-3-1-7(15)2-4-14/h5-7,15H,1-4H2,(H2,12,13). The smallest absolute Gasteiger partial charge is 0.130 e. The highest BCUT2D eigenvalue weighted by Gasteiger charge is 2.18. The van der Waals surface area contributed by atoms with Gasteiger partial charge in [-0.25, -0.2) is 4.98 Å². The van der Waals surface area contributed by atoms with Gasteiger partial charge >= 0.3 is 0 Å². The molecule has 3 N–H and O–H groups in total.